The molecule has 5 nitrogen and oxygen atoms in total. The van der Waals surface area contributed by atoms with E-state index in [2.05, 4.69) is 43.6 Å². The van der Waals surface area contributed by atoms with Gasteiger partial charge in [-0.1, -0.05) is 12.5 Å². The molecule has 3 heterocycles. The number of carbonyl (C=O) groups is 1. The molecule has 1 aliphatic carbocycles. The molecular weight excluding hydrogens is 332 g/mol. The number of rotatable bonds is 7. The molecular formula is C19H26N4OS. The van der Waals surface area contributed by atoms with Crippen LogP contribution in [-0.2, 0) is 17.8 Å². The van der Waals surface area contributed by atoms with Crippen LogP contribution in [0.25, 0.3) is 0 Å². The van der Waals surface area contributed by atoms with E-state index in [0.29, 0.717) is 13.0 Å². The van der Waals surface area contributed by atoms with Gasteiger partial charge < -0.3 is 5.32 Å². The highest BCUT2D eigenvalue weighted by molar-refractivity contribution is 7.09. The summed E-state index contributed by atoms with van der Waals surface area (Å²) < 4.78 is 2.07. The van der Waals surface area contributed by atoms with Gasteiger partial charge in [0.25, 0.3) is 0 Å². The van der Waals surface area contributed by atoms with Crippen LogP contribution in [0.15, 0.2) is 29.8 Å². The highest BCUT2D eigenvalue weighted by Gasteiger charge is 2.29. The Hall–Kier alpha value is -1.66. The average molecular weight is 359 g/mol. The lowest BCUT2D eigenvalue weighted by Gasteiger charge is -2.38. The van der Waals surface area contributed by atoms with Crippen LogP contribution >= 0.6 is 11.3 Å². The summed E-state index contributed by atoms with van der Waals surface area (Å²) in [6.45, 7) is 3.78. The molecule has 1 N–H and O–H groups in total. The Labute approximate surface area is 153 Å². The van der Waals surface area contributed by atoms with Crippen LogP contribution in [0, 0.1) is 5.92 Å². The summed E-state index contributed by atoms with van der Waals surface area (Å²) in [5.74, 6) is 0.989. The predicted molar refractivity (Wildman–Crippen MR) is 99.5 cm³/mol. The normalized spacial score (nSPS) is 20.9. The van der Waals surface area contributed by atoms with Gasteiger partial charge in [0.05, 0.1) is 18.2 Å². The maximum absolute atomic E-state index is 12.4. The third-order valence-electron chi connectivity index (χ3n) is 5.39. The monoisotopic (exact) mass is 358 g/mol. The van der Waals surface area contributed by atoms with Crippen molar-refractivity contribution in [1.29, 1.82) is 0 Å². The summed E-state index contributed by atoms with van der Waals surface area (Å²) in [5.41, 5.74) is 1.24. The van der Waals surface area contributed by atoms with Crippen molar-refractivity contribution in [2.75, 3.05) is 19.6 Å². The quantitative estimate of drug-likeness (QED) is 0.828. The molecule has 2 aromatic heterocycles. The molecule has 0 bridgehead atoms. The van der Waals surface area contributed by atoms with E-state index in [-0.39, 0.29) is 11.9 Å². The van der Waals surface area contributed by atoms with Gasteiger partial charge in [0.1, 0.15) is 0 Å². The van der Waals surface area contributed by atoms with Crippen molar-refractivity contribution in [3.05, 3.63) is 40.3 Å². The van der Waals surface area contributed by atoms with Crippen LogP contribution in [0.5, 0.6) is 0 Å². The van der Waals surface area contributed by atoms with Crippen LogP contribution in [-0.4, -0.2) is 40.2 Å². The van der Waals surface area contributed by atoms with Crippen LogP contribution in [0.1, 0.15) is 42.3 Å². The molecule has 0 radical (unpaired) electrons. The number of carbonyl (C=O) groups excluding carboxylic acids is 1. The summed E-state index contributed by atoms with van der Waals surface area (Å²) in [6.07, 6.45) is 7.40. The van der Waals surface area contributed by atoms with E-state index in [1.807, 2.05) is 6.20 Å². The molecule has 134 valence electrons. The number of fused-ring (bicyclic) bond motifs is 1. The topological polar surface area (TPSA) is 50.2 Å². The van der Waals surface area contributed by atoms with Crippen molar-refractivity contribution in [3.8, 4) is 0 Å². The zero-order chi connectivity index (χ0) is 17.1. The van der Waals surface area contributed by atoms with E-state index in [0.717, 1.165) is 25.4 Å². The number of nitrogens with zero attached hydrogens (tertiary/aromatic N) is 3. The maximum atomic E-state index is 12.4. The Kier molecular flexibility index (Phi) is 5.17. The molecule has 2 aliphatic rings. The molecule has 1 aliphatic heterocycles. The van der Waals surface area contributed by atoms with Gasteiger partial charge in [-0.05, 0) is 42.7 Å². The number of nitrogens with one attached hydrogen (secondary N) is 1. The van der Waals surface area contributed by atoms with E-state index in [1.54, 1.807) is 11.3 Å². The lowest BCUT2D eigenvalue weighted by atomic mass is 9.85. The minimum absolute atomic E-state index is 0.133. The zero-order valence-electron chi connectivity index (χ0n) is 14.6. The molecule has 1 atom stereocenters. The first-order chi connectivity index (χ1) is 12.3. The second-order valence-electron chi connectivity index (χ2n) is 7.30. The van der Waals surface area contributed by atoms with Crippen molar-refractivity contribution in [1.82, 2.24) is 20.0 Å². The predicted octanol–water partition coefficient (Wildman–Crippen LogP) is 2.85. The number of thiophene rings is 1. The molecule has 2 aromatic rings. The molecule has 4 rings (SSSR count). The number of aromatic nitrogens is 2. The van der Waals surface area contributed by atoms with Gasteiger partial charge in [-0.3, -0.25) is 14.4 Å². The average Bonchev–Trinajstić information content (AvgIpc) is 3.22. The lowest BCUT2D eigenvalue weighted by molar-refractivity contribution is -0.122. The molecule has 0 unspecified atom stereocenters. The molecule has 25 heavy (non-hydrogen) atoms. The van der Waals surface area contributed by atoms with Gasteiger partial charge in [0.15, 0.2) is 0 Å². The third-order valence-corrected chi connectivity index (χ3v) is 6.32. The summed E-state index contributed by atoms with van der Waals surface area (Å²) in [4.78, 5) is 16.2. The van der Waals surface area contributed by atoms with Crippen molar-refractivity contribution in [2.24, 2.45) is 5.92 Å². The Morgan fingerprint density at radius 1 is 1.36 bits per heavy atom. The van der Waals surface area contributed by atoms with E-state index in [9.17, 15) is 4.79 Å². The van der Waals surface area contributed by atoms with Crippen molar-refractivity contribution in [2.45, 2.75) is 44.7 Å². The van der Waals surface area contributed by atoms with E-state index < -0.39 is 0 Å². The van der Waals surface area contributed by atoms with E-state index in [1.165, 1.54) is 36.4 Å². The minimum Gasteiger partial charge on any atom is -0.356 e. The first kappa shape index (κ1) is 16.8. The molecule has 0 aromatic carbocycles. The van der Waals surface area contributed by atoms with Crippen molar-refractivity contribution < 1.29 is 4.79 Å². The summed E-state index contributed by atoms with van der Waals surface area (Å²) in [6, 6.07) is 6.42. The van der Waals surface area contributed by atoms with Crippen LogP contribution < -0.4 is 5.32 Å². The lowest BCUT2D eigenvalue weighted by Crippen LogP contribution is -2.42. The molecule has 6 heteroatoms. The van der Waals surface area contributed by atoms with Crippen molar-refractivity contribution >= 4 is 17.2 Å². The van der Waals surface area contributed by atoms with Crippen LogP contribution in [0.3, 0.4) is 0 Å². The van der Waals surface area contributed by atoms with Gasteiger partial charge in [0, 0.05) is 37.3 Å². The van der Waals surface area contributed by atoms with Gasteiger partial charge in [-0.25, -0.2) is 0 Å². The maximum Gasteiger partial charge on any atom is 0.222 e. The fraction of sp³-hybridized carbons (Fsp3) is 0.579. The van der Waals surface area contributed by atoms with Crippen LogP contribution in [0.4, 0.5) is 0 Å². The molecule has 1 fully saturated rings. The van der Waals surface area contributed by atoms with Gasteiger partial charge in [-0.15, -0.1) is 11.3 Å². The fourth-order valence-electron chi connectivity index (χ4n) is 3.86. The van der Waals surface area contributed by atoms with Crippen molar-refractivity contribution in [3.63, 3.8) is 0 Å². The highest BCUT2D eigenvalue weighted by atomic mass is 32.1. The largest absolute Gasteiger partial charge is 0.356 e. The number of hydrogen-bond donors (Lipinski definition) is 1. The minimum atomic E-state index is 0.133. The summed E-state index contributed by atoms with van der Waals surface area (Å²) >= 11 is 1.74. The molecule has 0 spiro atoms. The number of hydrogen-bond acceptors (Lipinski definition) is 4. The molecule has 1 saturated carbocycles. The zero-order valence-corrected chi connectivity index (χ0v) is 15.4. The Morgan fingerprint density at radius 2 is 2.28 bits per heavy atom. The molecule has 0 saturated heterocycles. The Balaban J connectivity index is 1.31. The Morgan fingerprint density at radius 3 is 3.04 bits per heavy atom. The summed E-state index contributed by atoms with van der Waals surface area (Å²) in [7, 11) is 0. The van der Waals surface area contributed by atoms with Gasteiger partial charge in [-0.2, -0.15) is 5.10 Å². The van der Waals surface area contributed by atoms with E-state index >= 15 is 0 Å². The highest BCUT2D eigenvalue weighted by Crippen LogP contribution is 2.30. The first-order valence-electron chi connectivity index (χ1n) is 9.32. The Bertz CT molecular complexity index is 692. The first-order valence-corrected chi connectivity index (χ1v) is 10.2. The van der Waals surface area contributed by atoms with Gasteiger partial charge in [0.2, 0.25) is 5.91 Å². The second kappa shape index (κ2) is 7.70. The SMILES string of the molecule is O=C(C[C@H]1CN(CC2CCC2)Cc2ccnn21)NCCc1cccs1. The second-order valence-corrected chi connectivity index (χ2v) is 8.33. The standard InChI is InChI=1S/C19H26N4OS/c24-19(20-8-7-18-5-2-10-25-18)11-17-14-22(12-15-3-1-4-15)13-16-6-9-21-23(16)17/h2,5-6,9-10,15,17H,1,3-4,7-8,11-14H2,(H,20,24)/t17-/m0/s1. The van der Waals surface area contributed by atoms with E-state index in [4.69, 9.17) is 0 Å². The molecule has 1 amide bonds. The summed E-state index contributed by atoms with van der Waals surface area (Å²) in [5, 5.41) is 9.63. The van der Waals surface area contributed by atoms with Gasteiger partial charge >= 0.3 is 0 Å². The third kappa shape index (κ3) is 4.12. The smallest absolute Gasteiger partial charge is 0.222 e. The fourth-order valence-corrected chi connectivity index (χ4v) is 4.57. The van der Waals surface area contributed by atoms with Crippen LogP contribution in [0.2, 0.25) is 0 Å². The number of amides is 1.